The van der Waals surface area contributed by atoms with Gasteiger partial charge in [-0.25, -0.2) is 8.42 Å². The van der Waals surface area contributed by atoms with Crippen LogP contribution in [-0.2, 0) is 21.2 Å². The van der Waals surface area contributed by atoms with Crippen LogP contribution in [0.2, 0.25) is 5.02 Å². The van der Waals surface area contributed by atoms with E-state index >= 15 is 0 Å². The molecule has 0 atom stereocenters. The predicted octanol–water partition coefficient (Wildman–Crippen LogP) is 4.31. The molecule has 0 spiro atoms. The van der Waals surface area contributed by atoms with Gasteiger partial charge in [-0.05, 0) is 79.1 Å². The summed E-state index contributed by atoms with van der Waals surface area (Å²) >= 11 is 5.98. The Morgan fingerprint density at radius 3 is 2.17 bits per heavy atom. The Morgan fingerprint density at radius 1 is 0.889 bits per heavy atom. The first kappa shape index (κ1) is 27.2. The van der Waals surface area contributed by atoms with Crippen molar-refractivity contribution in [2.24, 2.45) is 0 Å². The highest BCUT2D eigenvalue weighted by Crippen LogP contribution is 2.28. The number of benzene rings is 3. The number of halogens is 1. The first-order valence-electron chi connectivity index (χ1n) is 11.2. The molecule has 10 heteroatoms. The maximum Gasteiger partial charge on any atom is 0.264 e. The molecule has 0 aliphatic heterocycles. The quantitative estimate of drug-likeness (QED) is 0.349. The molecule has 0 aliphatic rings. The Kier molecular flexibility index (Phi) is 9.44. The fourth-order valence-corrected chi connectivity index (χ4v) is 5.09. The fourth-order valence-electron chi connectivity index (χ4n) is 3.54. The van der Waals surface area contributed by atoms with Crippen LogP contribution in [0.1, 0.15) is 12.0 Å². The van der Waals surface area contributed by atoms with Gasteiger partial charge < -0.3 is 19.5 Å². The SMILES string of the molecule is COc1ccc(S(=O)(=O)N(CC(=O)NCCCc2ccc(OC)c(OC)c2)c2ccc(Cl)cc2)cc1. The van der Waals surface area contributed by atoms with E-state index in [1.54, 1.807) is 50.6 Å². The van der Waals surface area contributed by atoms with Crippen molar-refractivity contribution in [1.82, 2.24) is 5.32 Å². The normalized spacial score (nSPS) is 11.0. The number of hydrogen-bond acceptors (Lipinski definition) is 6. The Bertz CT molecular complexity index is 1260. The molecule has 0 radical (unpaired) electrons. The van der Waals surface area contributed by atoms with Crippen LogP contribution in [-0.4, -0.2) is 48.7 Å². The second kappa shape index (κ2) is 12.5. The number of methoxy groups -OCH3 is 3. The van der Waals surface area contributed by atoms with Crippen LogP contribution < -0.4 is 23.8 Å². The lowest BCUT2D eigenvalue weighted by molar-refractivity contribution is -0.119. The Morgan fingerprint density at radius 2 is 1.56 bits per heavy atom. The fraction of sp³-hybridized carbons (Fsp3) is 0.269. The van der Waals surface area contributed by atoms with Crippen LogP contribution in [0.15, 0.2) is 71.6 Å². The van der Waals surface area contributed by atoms with Gasteiger partial charge in [-0.3, -0.25) is 9.10 Å². The highest BCUT2D eigenvalue weighted by atomic mass is 35.5. The van der Waals surface area contributed by atoms with E-state index in [9.17, 15) is 13.2 Å². The van der Waals surface area contributed by atoms with E-state index < -0.39 is 15.9 Å². The number of nitrogens with zero attached hydrogens (tertiary/aromatic N) is 1. The predicted molar refractivity (Wildman–Crippen MR) is 140 cm³/mol. The number of hydrogen-bond donors (Lipinski definition) is 1. The maximum atomic E-state index is 13.4. The highest BCUT2D eigenvalue weighted by molar-refractivity contribution is 7.92. The number of carbonyl (C=O) groups excluding carboxylic acids is 1. The number of aryl methyl sites for hydroxylation is 1. The Labute approximate surface area is 216 Å². The average molecular weight is 533 g/mol. The van der Waals surface area contributed by atoms with E-state index in [0.717, 1.165) is 9.87 Å². The van der Waals surface area contributed by atoms with Crippen molar-refractivity contribution in [3.8, 4) is 17.2 Å². The Hall–Kier alpha value is -3.43. The zero-order valence-corrected chi connectivity index (χ0v) is 21.9. The third-order valence-corrected chi connectivity index (χ3v) is 7.50. The van der Waals surface area contributed by atoms with Crippen molar-refractivity contribution in [2.75, 3.05) is 38.7 Å². The topological polar surface area (TPSA) is 94.2 Å². The number of sulfonamides is 1. The van der Waals surface area contributed by atoms with Crippen LogP contribution in [0.25, 0.3) is 0 Å². The molecule has 8 nitrogen and oxygen atoms in total. The minimum Gasteiger partial charge on any atom is -0.497 e. The molecule has 0 heterocycles. The van der Waals surface area contributed by atoms with E-state index in [-0.39, 0.29) is 11.4 Å². The summed E-state index contributed by atoms with van der Waals surface area (Å²) in [7, 11) is 0.628. The summed E-state index contributed by atoms with van der Waals surface area (Å²) in [6.07, 6.45) is 1.36. The van der Waals surface area contributed by atoms with Gasteiger partial charge in [0.2, 0.25) is 5.91 Å². The molecule has 0 bridgehead atoms. The lowest BCUT2D eigenvalue weighted by atomic mass is 10.1. The van der Waals surface area contributed by atoms with E-state index in [0.29, 0.717) is 47.3 Å². The smallest absolute Gasteiger partial charge is 0.264 e. The van der Waals surface area contributed by atoms with Gasteiger partial charge in [0.05, 0.1) is 31.9 Å². The second-order valence-electron chi connectivity index (χ2n) is 7.81. The van der Waals surface area contributed by atoms with Crippen molar-refractivity contribution < 1.29 is 27.4 Å². The standard InChI is InChI=1S/C26H29ClN2O6S/c1-33-22-11-13-23(14-12-22)36(31,32)29(21-9-7-20(27)8-10-21)18-26(30)28-16-4-5-19-6-15-24(34-2)25(17-19)35-3/h6-15,17H,4-5,16,18H2,1-3H3,(H,28,30). The molecule has 1 N–H and O–H groups in total. The molecule has 0 aromatic heterocycles. The van der Waals surface area contributed by atoms with Gasteiger partial charge in [0.25, 0.3) is 10.0 Å². The zero-order valence-electron chi connectivity index (χ0n) is 20.4. The maximum absolute atomic E-state index is 13.4. The lowest BCUT2D eigenvalue weighted by Gasteiger charge is -2.24. The number of nitrogens with one attached hydrogen (secondary N) is 1. The van der Waals surface area contributed by atoms with E-state index in [2.05, 4.69) is 5.32 Å². The van der Waals surface area contributed by atoms with Gasteiger partial charge in [-0.1, -0.05) is 17.7 Å². The van der Waals surface area contributed by atoms with Gasteiger partial charge >= 0.3 is 0 Å². The summed E-state index contributed by atoms with van der Waals surface area (Å²) in [6.45, 7) is -0.00340. The summed E-state index contributed by atoms with van der Waals surface area (Å²) in [6, 6.07) is 17.9. The van der Waals surface area contributed by atoms with Crippen molar-refractivity contribution in [3.63, 3.8) is 0 Å². The number of ether oxygens (including phenoxy) is 3. The number of carbonyl (C=O) groups is 1. The average Bonchev–Trinajstić information content (AvgIpc) is 2.90. The summed E-state index contributed by atoms with van der Waals surface area (Å²) in [5.41, 5.74) is 1.36. The minimum atomic E-state index is -4.03. The van der Waals surface area contributed by atoms with Gasteiger partial charge in [0, 0.05) is 11.6 Å². The molecule has 0 saturated carbocycles. The molecule has 1 amide bonds. The number of amides is 1. The molecule has 0 unspecified atom stereocenters. The third-order valence-electron chi connectivity index (χ3n) is 5.46. The van der Waals surface area contributed by atoms with Crippen LogP contribution in [0.4, 0.5) is 5.69 Å². The summed E-state index contributed by atoms with van der Waals surface area (Å²) in [4.78, 5) is 12.8. The van der Waals surface area contributed by atoms with Gasteiger partial charge in [0.1, 0.15) is 12.3 Å². The van der Waals surface area contributed by atoms with E-state index in [1.807, 2.05) is 18.2 Å². The van der Waals surface area contributed by atoms with Crippen molar-refractivity contribution >= 4 is 33.2 Å². The zero-order chi connectivity index (χ0) is 26.1. The van der Waals surface area contributed by atoms with Gasteiger partial charge in [-0.15, -0.1) is 0 Å². The number of anilines is 1. The molecule has 3 aromatic rings. The molecule has 0 fully saturated rings. The van der Waals surface area contributed by atoms with E-state index in [4.69, 9.17) is 25.8 Å². The highest BCUT2D eigenvalue weighted by Gasteiger charge is 2.27. The van der Waals surface area contributed by atoms with E-state index in [1.165, 1.54) is 19.2 Å². The number of rotatable bonds is 12. The molecular formula is C26H29ClN2O6S. The van der Waals surface area contributed by atoms with Crippen LogP contribution in [0, 0.1) is 0 Å². The molecule has 0 saturated heterocycles. The molecule has 3 rings (SSSR count). The summed E-state index contributed by atoms with van der Waals surface area (Å²) in [5, 5.41) is 3.27. The van der Waals surface area contributed by atoms with Crippen molar-refractivity contribution in [1.29, 1.82) is 0 Å². The summed E-state index contributed by atoms with van der Waals surface area (Å²) < 4.78 is 43.6. The van der Waals surface area contributed by atoms with Crippen LogP contribution >= 0.6 is 11.6 Å². The lowest BCUT2D eigenvalue weighted by Crippen LogP contribution is -2.41. The van der Waals surface area contributed by atoms with Gasteiger partial charge in [0.15, 0.2) is 11.5 Å². The Balaban J connectivity index is 1.68. The monoisotopic (exact) mass is 532 g/mol. The molecule has 0 aliphatic carbocycles. The van der Waals surface area contributed by atoms with Crippen LogP contribution in [0.5, 0.6) is 17.2 Å². The first-order valence-corrected chi connectivity index (χ1v) is 13.0. The van der Waals surface area contributed by atoms with Crippen molar-refractivity contribution in [3.05, 3.63) is 77.3 Å². The first-order chi connectivity index (χ1) is 17.3. The van der Waals surface area contributed by atoms with Crippen molar-refractivity contribution in [2.45, 2.75) is 17.7 Å². The molecular weight excluding hydrogens is 504 g/mol. The largest absolute Gasteiger partial charge is 0.497 e. The summed E-state index contributed by atoms with van der Waals surface area (Å²) in [5.74, 6) is 1.39. The van der Waals surface area contributed by atoms with Crippen LogP contribution in [0.3, 0.4) is 0 Å². The minimum absolute atomic E-state index is 0.0412. The molecule has 3 aromatic carbocycles. The van der Waals surface area contributed by atoms with Gasteiger partial charge in [-0.2, -0.15) is 0 Å². The third kappa shape index (κ3) is 6.83. The second-order valence-corrected chi connectivity index (χ2v) is 10.1. The molecule has 192 valence electrons. The molecule has 36 heavy (non-hydrogen) atoms.